The number of rotatable bonds is 9. The van der Waals surface area contributed by atoms with E-state index in [1.165, 1.54) is 34.5 Å². The van der Waals surface area contributed by atoms with Crippen LogP contribution in [-0.4, -0.2) is 128 Å². The maximum atomic E-state index is 13.9. The quantitative estimate of drug-likeness (QED) is 0.151. The number of aliphatic hydroxyl groups excluding tert-OH is 6. The minimum absolute atomic E-state index is 0.0122. The van der Waals surface area contributed by atoms with E-state index in [0.717, 1.165) is 0 Å². The van der Waals surface area contributed by atoms with Crippen molar-refractivity contribution in [1.82, 2.24) is 0 Å². The van der Waals surface area contributed by atoms with Crippen LogP contribution in [0.15, 0.2) is 27.4 Å². The molecule has 9 unspecified atom stereocenters. The van der Waals surface area contributed by atoms with Gasteiger partial charge in [0.15, 0.2) is 29.0 Å². The number of hydrogen-bond donors (Lipinski definition) is 6. The number of hydrogen-bond acceptors (Lipinski definition) is 16. The van der Waals surface area contributed by atoms with Gasteiger partial charge < -0.3 is 73.0 Å². The van der Waals surface area contributed by atoms with Crippen molar-refractivity contribution in [3.05, 3.63) is 28.4 Å². The molecule has 16 nitrogen and oxygen atoms in total. The van der Waals surface area contributed by atoms with Crippen LogP contribution in [0.3, 0.4) is 0 Å². The molecule has 3 heterocycles. The number of benzene rings is 2. The van der Waals surface area contributed by atoms with Gasteiger partial charge in [0.2, 0.25) is 29.0 Å². The van der Waals surface area contributed by atoms with E-state index in [1.54, 1.807) is 12.1 Å². The highest BCUT2D eigenvalue weighted by Gasteiger charge is 2.47. The summed E-state index contributed by atoms with van der Waals surface area (Å²) in [4.78, 5) is 13.9. The first-order valence-corrected chi connectivity index (χ1v) is 13.5. The first kappa shape index (κ1) is 32.0. The molecule has 2 saturated heterocycles. The molecule has 0 amide bonds. The Hall–Kier alpha value is -3.45. The van der Waals surface area contributed by atoms with Gasteiger partial charge in [0.1, 0.15) is 48.1 Å². The fourth-order valence-electron chi connectivity index (χ4n) is 5.19. The van der Waals surface area contributed by atoms with Crippen molar-refractivity contribution in [2.45, 2.75) is 55.3 Å². The van der Waals surface area contributed by atoms with Crippen LogP contribution in [-0.2, 0) is 14.2 Å². The Balaban J connectivity index is 1.56. The van der Waals surface area contributed by atoms with Crippen LogP contribution in [0.5, 0.6) is 28.7 Å². The maximum Gasteiger partial charge on any atom is 0.229 e. The molecule has 0 radical (unpaired) electrons. The lowest BCUT2D eigenvalue weighted by Crippen LogP contribution is -2.61. The maximum absolute atomic E-state index is 13.9. The van der Waals surface area contributed by atoms with E-state index in [0.29, 0.717) is 0 Å². The zero-order chi connectivity index (χ0) is 31.9. The molecular formula is C28H34O16. The largest absolute Gasteiger partial charge is 0.493 e. The van der Waals surface area contributed by atoms with Crippen LogP contribution >= 0.6 is 0 Å². The molecule has 3 aromatic rings. The summed E-state index contributed by atoms with van der Waals surface area (Å²) >= 11 is 0. The normalized spacial score (nSPS) is 30.7. The minimum atomic E-state index is -1.85. The molecule has 0 bridgehead atoms. The van der Waals surface area contributed by atoms with E-state index >= 15 is 0 Å². The van der Waals surface area contributed by atoms with Gasteiger partial charge in [-0.25, -0.2) is 0 Å². The van der Waals surface area contributed by atoms with Gasteiger partial charge in [0, 0.05) is 0 Å². The zero-order valence-electron chi connectivity index (χ0n) is 24.1. The van der Waals surface area contributed by atoms with Crippen molar-refractivity contribution in [2.24, 2.45) is 0 Å². The first-order chi connectivity index (χ1) is 21.1. The predicted molar refractivity (Wildman–Crippen MR) is 147 cm³/mol. The molecular weight excluding hydrogens is 592 g/mol. The van der Waals surface area contributed by atoms with Gasteiger partial charge in [-0.1, -0.05) is 6.07 Å². The third kappa shape index (κ3) is 5.38. The summed E-state index contributed by atoms with van der Waals surface area (Å²) in [6, 6.07) is 4.70. The van der Waals surface area contributed by atoms with Crippen molar-refractivity contribution in [1.29, 1.82) is 0 Å². The summed E-state index contributed by atoms with van der Waals surface area (Å²) in [5.41, 5.74) is -0.597. The highest BCUT2D eigenvalue weighted by atomic mass is 16.7. The van der Waals surface area contributed by atoms with E-state index in [9.17, 15) is 35.4 Å². The van der Waals surface area contributed by atoms with Crippen molar-refractivity contribution in [3.8, 4) is 28.7 Å². The lowest BCUT2D eigenvalue weighted by Gasteiger charge is -2.41. The van der Waals surface area contributed by atoms with E-state index in [1.807, 2.05) is 0 Å². The molecule has 2 aliphatic heterocycles. The summed E-state index contributed by atoms with van der Waals surface area (Å²) in [5, 5.41) is 61.8. The Morgan fingerprint density at radius 3 is 2.07 bits per heavy atom. The number of para-hydroxylation sites is 1. The van der Waals surface area contributed by atoms with Gasteiger partial charge in [-0.15, -0.1) is 0 Å². The molecule has 2 aliphatic rings. The topological polar surface area (TPSA) is 225 Å². The SMILES string of the molecule is COc1c(OC)c(OC2OC(COC3OCC(O)C(O)C3O)C(O)C(O)C2O)c2c(=O)c3cccc(OC)c3oc2c1OC. The average molecular weight is 627 g/mol. The smallest absolute Gasteiger partial charge is 0.229 e. The van der Waals surface area contributed by atoms with Crippen molar-refractivity contribution >= 4 is 21.9 Å². The molecule has 242 valence electrons. The molecule has 2 aromatic carbocycles. The Morgan fingerprint density at radius 2 is 1.41 bits per heavy atom. The fraction of sp³-hybridized carbons (Fsp3) is 0.536. The highest BCUT2D eigenvalue weighted by Crippen LogP contribution is 2.51. The Kier molecular flexibility index (Phi) is 9.36. The molecule has 44 heavy (non-hydrogen) atoms. The monoisotopic (exact) mass is 626 g/mol. The number of aliphatic hydroxyl groups is 6. The molecule has 2 fully saturated rings. The van der Waals surface area contributed by atoms with E-state index < -0.39 is 67.3 Å². The Morgan fingerprint density at radius 1 is 0.750 bits per heavy atom. The lowest BCUT2D eigenvalue weighted by atomic mass is 9.99. The van der Waals surface area contributed by atoms with Gasteiger partial charge in [-0.3, -0.25) is 4.79 Å². The number of ether oxygens (including phenoxy) is 8. The molecule has 6 N–H and O–H groups in total. The Bertz CT molecular complexity index is 1540. The summed E-state index contributed by atoms with van der Waals surface area (Å²) < 4.78 is 50.5. The van der Waals surface area contributed by atoms with Gasteiger partial charge >= 0.3 is 0 Å². The lowest BCUT2D eigenvalue weighted by molar-refractivity contribution is -0.307. The minimum Gasteiger partial charge on any atom is -0.493 e. The summed E-state index contributed by atoms with van der Waals surface area (Å²) in [6.07, 6.45) is -14.4. The molecule has 0 spiro atoms. The molecule has 5 rings (SSSR count). The molecule has 0 aliphatic carbocycles. The highest BCUT2D eigenvalue weighted by molar-refractivity contribution is 6.01. The zero-order valence-corrected chi connectivity index (χ0v) is 24.1. The van der Waals surface area contributed by atoms with Crippen LogP contribution in [0.1, 0.15) is 0 Å². The van der Waals surface area contributed by atoms with E-state index in [2.05, 4.69) is 0 Å². The third-order valence-corrected chi connectivity index (χ3v) is 7.55. The summed E-state index contributed by atoms with van der Waals surface area (Å²) in [7, 11) is 5.32. The van der Waals surface area contributed by atoms with Gasteiger partial charge in [0.05, 0.1) is 47.0 Å². The molecule has 9 atom stereocenters. The van der Waals surface area contributed by atoms with Crippen LogP contribution in [0.4, 0.5) is 0 Å². The standard InChI is InChI=1S/C28H34O16/c1-36-12-7-5-6-10-15(30)14-22(43-21(10)12)24(37-2)26(39-4)25(38-3)23(14)44-28-20(35)18(33)17(32)13(42-28)9-41-27-19(34)16(31)11(29)8-40-27/h5-7,11,13,16-20,27-29,31-35H,8-9H2,1-4H3. The molecule has 1 aromatic heterocycles. The second-order valence-corrected chi connectivity index (χ2v) is 10.1. The van der Waals surface area contributed by atoms with E-state index in [4.69, 9.17) is 42.3 Å². The van der Waals surface area contributed by atoms with Gasteiger partial charge in [-0.05, 0) is 12.1 Å². The van der Waals surface area contributed by atoms with Crippen LogP contribution in [0.2, 0.25) is 0 Å². The molecule has 0 saturated carbocycles. The third-order valence-electron chi connectivity index (χ3n) is 7.55. The second-order valence-electron chi connectivity index (χ2n) is 10.1. The summed E-state index contributed by atoms with van der Waals surface area (Å²) in [5.74, 6) is -0.219. The predicted octanol–water partition coefficient (Wildman–Crippen LogP) is -1.38. The second kappa shape index (κ2) is 12.9. The number of fused-ring (bicyclic) bond motifs is 2. The Labute approximate surface area is 249 Å². The molecule has 16 heteroatoms. The van der Waals surface area contributed by atoms with Crippen LogP contribution in [0, 0.1) is 0 Å². The van der Waals surface area contributed by atoms with Crippen molar-refractivity contribution in [3.63, 3.8) is 0 Å². The average Bonchev–Trinajstić information content (AvgIpc) is 3.03. The summed E-state index contributed by atoms with van der Waals surface area (Å²) in [6.45, 7) is -0.856. The number of methoxy groups -OCH3 is 4. The first-order valence-electron chi connectivity index (χ1n) is 13.5. The van der Waals surface area contributed by atoms with Gasteiger partial charge in [0.25, 0.3) is 0 Å². The van der Waals surface area contributed by atoms with Crippen molar-refractivity contribution in [2.75, 3.05) is 41.7 Å². The van der Waals surface area contributed by atoms with Crippen LogP contribution < -0.4 is 29.1 Å². The van der Waals surface area contributed by atoms with E-state index in [-0.39, 0.29) is 57.3 Å². The van der Waals surface area contributed by atoms with Gasteiger partial charge in [-0.2, -0.15) is 0 Å². The van der Waals surface area contributed by atoms with Crippen molar-refractivity contribution < 1.29 is 73.0 Å². The van der Waals surface area contributed by atoms with Crippen LogP contribution in [0.25, 0.3) is 21.9 Å². The fourth-order valence-corrected chi connectivity index (χ4v) is 5.19.